The fraction of sp³-hybridized carbons (Fsp3) is 0.680. The first-order valence-electron chi connectivity index (χ1n) is 13.5. The summed E-state index contributed by atoms with van der Waals surface area (Å²) >= 11 is 0. The predicted octanol–water partition coefficient (Wildman–Crippen LogP) is 1.81. The molecule has 6 atom stereocenters. The third-order valence-corrected chi connectivity index (χ3v) is 10.1. The molecule has 13 heteroatoms. The molecule has 3 bridgehead atoms. The number of sulfonamides is 1. The van der Waals surface area contributed by atoms with Gasteiger partial charge < -0.3 is 35.0 Å². The summed E-state index contributed by atoms with van der Waals surface area (Å²) in [6, 6.07) is 4.46. The van der Waals surface area contributed by atoms with Gasteiger partial charge in [0, 0.05) is 37.0 Å². The fourth-order valence-electron chi connectivity index (χ4n) is 6.32. The highest BCUT2D eigenvalue weighted by atomic mass is 32.2. The lowest BCUT2D eigenvalue weighted by atomic mass is 9.78. The molecule has 4 N–H and O–H groups in total. The van der Waals surface area contributed by atoms with Crippen molar-refractivity contribution in [3.63, 3.8) is 0 Å². The summed E-state index contributed by atoms with van der Waals surface area (Å²) < 4.78 is 51.9. The van der Waals surface area contributed by atoms with Gasteiger partial charge in [0.15, 0.2) is 11.9 Å². The van der Waals surface area contributed by atoms with Crippen LogP contribution in [0.3, 0.4) is 0 Å². The van der Waals surface area contributed by atoms with Crippen molar-refractivity contribution < 1.29 is 31.8 Å². The van der Waals surface area contributed by atoms with E-state index in [1.54, 1.807) is 10.4 Å². The van der Waals surface area contributed by atoms with Crippen molar-refractivity contribution in [1.29, 1.82) is 0 Å². The Morgan fingerprint density at radius 1 is 1.24 bits per heavy atom. The largest absolute Gasteiger partial charge is 0.443 e. The van der Waals surface area contributed by atoms with Crippen molar-refractivity contribution in [3.05, 3.63) is 18.2 Å². The van der Waals surface area contributed by atoms with Crippen molar-refractivity contribution >= 4 is 33.2 Å². The van der Waals surface area contributed by atoms with Crippen molar-refractivity contribution in [2.75, 3.05) is 38.5 Å². The van der Waals surface area contributed by atoms with E-state index in [0.717, 1.165) is 38.8 Å². The van der Waals surface area contributed by atoms with Crippen LogP contribution in [0.25, 0.3) is 11.1 Å². The van der Waals surface area contributed by atoms with Gasteiger partial charge in [-0.3, -0.25) is 0 Å². The first-order valence-corrected chi connectivity index (χ1v) is 14.9. The first kappa shape index (κ1) is 25.8. The summed E-state index contributed by atoms with van der Waals surface area (Å²) in [5.41, 5.74) is 6.47. The number of benzene rings is 1. The van der Waals surface area contributed by atoms with Crippen LogP contribution in [0.5, 0.6) is 0 Å². The summed E-state index contributed by atoms with van der Waals surface area (Å²) in [6.07, 6.45) is 3.51. The van der Waals surface area contributed by atoms with Crippen LogP contribution in [0, 0.1) is 11.8 Å². The van der Waals surface area contributed by atoms with E-state index in [0.29, 0.717) is 36.5 Å². The molecule has 0 spiro atoms. The van der Waals surface area contributed by atoms with Gasteiger partial charge in [0.25, 0.3) is 6.01 Å². The maximum atomic E-state index is 13.8. The Kier molecular flexibility index (Phi) is 7.20. The molecule has 1 amide bonds. The quantitative estimate of drug-likeness (QED) is 0.415. The Balaban J connectivity index is 1.09. The second-order valence-corrected chi connectivity index (χ2v) is 12.5. The number of rotatable bonds is 8. The van der Waals surface area contributed by atoms with Crippen LogP contribution in [0.15, 0.2) is 27.5 Å². The standard InChI is InChI=1S/C25H35N5O7S/c26-24-29-19-5-4-18(13-20(19)36-24)38(32,33)30(17-3-1-7-27-9-6-17)10-2-8-28-25(31)37-22-16-11-15-12-21(22)35-23(15)34-14-16/h4-5,13,15-17,21-23,27H,1-3,6-12,14H2,(H2,26,29)(H,28,31). The minimum atomic E-state index is -3.83. The predicted molar refractivity (Wildman–Crippen MR) is 137 cm³/mol. The lowest BCUT2D eigenvalue weighted by molar-refractivity contribution is -0.153. The zero-order valence-corrected chi connectivity index (χ0v) is 22.0. The van der Waals surface area contributed by atoms with Crippen molar-refractivity contribution in [1.82, 2.24) is 19.9 Å². The van der Waals surface area contributed by atoms with Gasteiger partial charge in [-0.2, -0.15) is 9.29 Å². The summed E-state index contributed by atoms with van der Waals surface area (Å²) in [6.45, 7) is 2.71. The molecule has 3 aliphatic heterocycles. The molecular weight excluding hydrogens is 514 g/mol. The van der Waals surface area contributed by atoms with Gasteiger partial charge in [0.2, 0.25) is 10.0 Å². The summed E-state index contributed by atoms with van der Waals surface area (Å²) in [7, 11) is -3.83. The van der Waals surface area contributed by atoms with Crippen LogP contribution in [0.1, 0.15) is 38.5 Å². The van der Waals surface area contributed by atoms with E-state index in [2.05, 4.69) is 15.6 Å². The Morgan fingerprint density at radius 3 is 3.03 bits per heavy atom. The molecule has 6 rings (SSSR count). The minimum absolute atomic E-state index is 0.00739. The van der Waals surface area contributed by atoms with Gasteiger partial charge in [-0.05, 0) is 63.7 Å². The number of carbonyl (C=O) groups excluding carboxylic acids is 1. The van der Waals surface area contributed by atoms with E-state index >= 15 is 0 Å². The lowest BCUT2D eigenvalue weighted by Crippen LogP contribution is -2.46. The topological polar surface area (TPSA) is 158 Å². The number of amides is 1. The normalized spacial score (nSPS) is 31.0. The smallest absolute Gasteiger partial charge is 0.407 e. The monoisotopic (exact) mass is 549 g/mol. The van der Waals surface area contributed by atoms with Gasteiger partial charge in [-0.1, -0.05) is 0 Å². The minimum Gasteiger partial charge on any atom is -0.443 e. The maximum absolute atomic E-state index is 13.8. The van der Waals surface area contributed by atoms with Gasteiger partial charge in [0.05, 0.1) is 17.6 Å². The van der Waals surface area contributed by atoms with Gasteiger partial charge in [-0.25, -0.2) is 13.2 Å². The van der Waals surface area contributed by atoms with Gasteiger partial charge >= 0.3 is 6.09 Å². The molecule has 1 aromatic carbocycles. The first-order chi connectivity index (χ1) is 18.4. The molecule has 208 valence electrons. The van der Waals surface area contributed by atoms with E-state index in [1.807, 2.05) is 0 Å². The number of nitrogens with two attached hydrogens (primary N) is 1. The Hall–Kier alpha value is -2.45. The van der Waals surface area contributed by atoms with Crippen molar-refractivity contribution in [2.24, 2.45) is 11.8 Å². The number of nitrogen functional groups attached to an aromatic ring is 1. The van der Waals surface area contributed by atoms with Crippen molar-refractivity contribution in [3.8, 4) is 0 Å². The van der Waals surface area contributed by atoms with Crippen LogP contribution >= 0.6 is 0 Å². The van der Waals surface area contributed by atoms with E-state index in [-0.39, 0.29) is 54.5 Å². The summed E-state index contributed by atoms with van der Waals surface area (Å²) in [4.78, 5) is 16.8. The number of carbonyl (C=O) groups is 1. The molecule has 12 nitrogen and oxygen atoms in total. The number of oxazole rings is 1. The average molecular weight is 550 g/mol. The van der Waals surface area contributed by atoms with Crippen molar-refractivity contribution in [2.45, 2.75) is 68.0 Å². The number of alkyl carbamates (subject to hydrolysis) is 1. The molecular formula is C25H35N5O7S. The number of anilines is 1. The SMILES string of the molecule is Nc1nc2ccc(S(=O)(=O)N(CCCNC(=O)OC3C4COC5OC3CC5C4)C3CCCNCC3)cc2o1. The molecule has 1 aromatic heterocycles. The number of nitrogens with zero attached hydrogens (tertiary/aromatic N) is 2. The van der Waals surface area contributed by atoms with E-state index in [1.165, 1.54) is 12.1 Å². The number of aromatic nitrogens is 1. The van der Waals surface area contributed by atoms with Crippen LogP contribution in [0.2, 0.25) is 0 Å². The van der Waals surface area contributed by atoms with Crippen LogP contribution in [-0.4, -0.2) is 81.1 Å². The zero-order valence-electron chi connectivity index (χ0n) is 21.2. The molecule has 3 saturated heterocycles. The molecule has 4 heterocycles. The zero-order chi connectivity index (χ0) is 26.3. The number of hydrogen-bond acceptors (Lipinski definition) is 10. The second kappa shape index (κ2) is 10.6. The number of hydrogen-bond donors (Lipinski definition) is 3. The highest BCUT2D eigenvalue weighted by Gasteiger charge is 2.53. The number of nitrogens with one attached hydrogen (secondary N) is 2. The fourth-order valence-corrected chi connectivity index (χ4v) is 8.06. The van der Waals surface area contributed by atoms with Gasteiger partial charge in [-0.15, -0.1) is 0 Å². The molecule has 6 unspecified atom stereocenters. The Morgan fingerprint density at radius 2 is 2.13 bits per heavy atom. The highest BCUT2D eigenvalue weighted by Crippen LogP contribution is 2.46. The van der Waals surface area contributed by atoms with Gasteiger partial charge in [0.1, 0.15) is 11.6 Å². The second-order valence-electron chi connectivity index (χ2n) is 10.7. The molecule has 38 heavy (non-hydrogen) atoms. The molecule has 0 radical (unpaired) electrons. The lowest BCUT2D eigenvalue weighted by Gasteiger charge is -2.36. The molecule has 4 aliphatic rings. The Labute approximate surface area is 221 Å². The summed E-state index contributed by atoms with van der Waals surface area (Å²) in [5.74, 6) is 0.556. The Bertz CT molecular complexity index is 1250. The van der Waals surface area contributed by atoms with Crippen LogP contribution in [-0.2, 0) is 24.2 Å². The van der Waals surface area contributed by atoms with E-state index in [4.69, 9.17) is 24.4 Å². The maximum Gasteiger partial charge on any atom is 0.407 e. The van der Waals surface area contributed by atoms with E-state index in [9.17, 15) is 13.2 Å². The average Bonchev–Trinajstić information content (AvgIpc) is 3.27. The molecule has 2 aromatic rings. The third kappa shape index (κ3) is 5.09. The molecule has 4 fully saturated rings. The number of ether oxygens (including phenoxy) is 3. The molecule has 1 aliphatic carbocycles. The van der Waals surface area contributed by atoms with Crippen LogP contribution in [0.4, 0.5) is 10.8 Å². The number of fused-ring (bicyclic) bond motifs is 3. The summed E-state index contributed by atoms with van der Waals surface area (Å²) in [5, 5.41) is 6.15. The third-order valence-electron chi connectivity index (χ3n) is 8.14. The highest BCUT2D eigenvalue weighted by molar-refractivity contribution is 7.89. The van der Waals surface area contributed by atoms with E-state index < -0.39 is 16.1 Å². The van der Waals surface area contributed by atoms with Crippen LogP contribution < -0.4 is 16.4 Å². The molecule has 1 saturated carbocycles.